The van der Waals surface area contributed by atoms with Gasteiger partial charge in [-0.25, -0.2) is 14.2 Å². The van der Waals surface area contributed by atoms with Gasteiger partial charge >= 0.3 is 6.09 Å². The molecule has 9 heteroatoms. The Bertz CT molecular complexity index is 1630. The van der Waals surface area contributed by atoms with Crippen LogP contribution in [0.5, 0.6) is 0 Å². The molecule has 220 valence electrons. The Hall–Kier alpha value is -3.88. The fraction of sp³-hybridized carbons (Fsp3) is 0.469. The van der Waals surface area contributed by atoms with Crippen LogP contribution in [0.1, 0.15) is 64.2 Å². The number of aromatic nitrogens is 3. The van der Waals surface area contributed by atoms with Crippen molar-refractivity contribution in [1.29, 1.82) is 0 Å². The van der Waals surface area contributed by atoms with Crippen LogP contribution >= 0.6 is 0 Å². The number of imidazole rings is 1. The third kappa shape index (κ3) is 6.39. The lowest BCUT2D eigenvalue weighted by Crippen LogP contribution is -2.49. The molecule has 4 aromatic rings. The standard InChI is InChI=1S/C30H36FN5O3.C2H6/c1-18-9-12-23-24(14-18)34(6)27(37)26-25(23)33-28(36(26)16-20-15-21(31)11-10-19(20)2)35-13-7-8-22(17-35)32-29(38)39-30(3,4)5;1-2/h9-12,14-15,22H,7-8,13,16-17H2,1-6H3,(H,32,38);1-2H3. The zero-order chi connectivity index (χ0) is 30.1. The molecule has 1 atom stereocenters. The highest BCUT2D eigenvalue weighted by molar-refractivity contribution is 6.03. The molecule has 8 nitrogen and oxygen atoms in total. The smallest absolute Gasteiger partial charge is 0.407 e. The van der Waals surface area contributed by atoms with E-state index in [-0.39, 0.29) is 17.4 Å². The second-order valence-electron chi connectivity index (χ2n) is 11.6. The number of hydrogen-bond donors (Lipinski definition) is 1. The van der Waals surface area contributed by atoms with Crippen molar-refractivity contribution < 1.29 is 13.9 Å². The van der Waals surface area contributed by atoms with Crippen molar-refractivity contribution in [2.75, 3.05) is 18.0 Å². The van der Waals surface area contributed by atoms with Crippen molar-refractivity contribution in [2.45, 2.75) is 79.5 Å². The number of fused-ring (bicyclic) bond motifs is 3. The predicted octanol–water partition coefficient (Wildman–Crippen LogP) is 6.21. The summed E-state index contributed by atoms with van der Waals surface area (Å²) >= 11 is 0. The number of piperidine rings is 1. The summed E-state index contributed by atoms with van der Waals surface area (Å²) in [6.07, 6.45) is 1.19. The Morgan fingerprint density at radius 2 is 1.88 bits per heavy atom. The van der Waals surface area contributed by atoms with Gasteiger partial charge in [0.05, 0.1) is 12.1 Å². The van der Waals surface area contributed by atoms with Gasteiger partial charge in [0.1, 0.15) is 22.5 Å². The van der Waals surface area contributed by atoms with Crippen LogP contribution in [0.15, 0.2) is 41.2 Å². The van der Waals surface area contributed by atoms with Crippen LogP contribution in [0.4, 0.5) is 15.1 Å². The van der Waals surface area contributed by atoms with Crippen LogP contribution in [0, 0.1) is 19.7 Å². The number of aryl methyl sites for hydroxylation is 3. The first-order chi connectivity index (χ1) is 19.4. The Morgan fingerprint density at radius 1 is 1.15 bits per heavy atom. The van der Waals surface area contributed by atoms with E-state index in [4.69, 9.17) is 9.72 Å². The van der Waals surface area contributed by atoms with Crippen LogP contribution in [-0.4, -0.2) is 44.9 Å². The van der Waals surface area contributed by atoms with Gasteiger partial charge in [-0.2, -0.15) is 0 Å². The number of carbonyl (C=O) groups excluding carboxylic acids is 1. The summed E-state index contributed by atoms with van der Waals surface area (Å²) < 4.78 is 23.3. The minimum Gasteiger partial charge on any atom is -0.444 e. The maximum absolute atomic E-state index is 14.3. The maximum atomic E-state index is 14.3. The first-order valence-corrected chi connectivity index (χ1v) is 14.4. The first-order valence-electron chi connectivity index (χ1n) is 14.4. The third-order valence-electron chi connectivity index (χ3n) is 7.29. The summed E-state index contributed by atoms with van der Waals surface area (Å²) in [4.78, 5) is 33.4. The molecular formula is C32H42FN5O3. The molecule has 0 aliphatic carbocycles. The van der Waals surface area contributed by atoms with E-state index in [1.807, 2.05) is 71.2 Å². The number of benzene rings is 2. The Morgan fingerprint density at radius 3 is 2.59 bits per heavy atom. The molecule has 1 N–H and O–H groups in total. The van der Waals surface area contributed by atoms with Crippen molar-refractivity contribution >= 4 is 34.0 Å². The Kier molecular flexibility index (Phi) is 8.75. The van der Waals surface area contributed by atoms with Crippen molar-refractivity contribution in [1.82, 2.24) is 19.4 Å². The summed E-state index contributed by atoms with van der Waals surface area (Å²) in [6.45, 7) is 15.0. The van der Waals surface area contributed by atoms with Gasteiger partial charge in [0, 0.05) is 31.6 Å². The summed E-state index contributed by atoms with van der Waals surface area (Å²) in [6, 6.07) is 10.6. The minimum atomic E-state index is -0.589. The highest BCUT2D eigenvalue weighted by Gasteiger charge is 2.29. The fourth-order valence-corrected chi connectivity index (χ4v) is 5.36. The van der Waals surface area contributed by atoms with Crippen molar-refractivity contribution in [3.63, 3.8) is 0 Å². The van der Waals surface area contributed by atoms with Crippen LogP contribution in [0.25, 0.3) is 21.9 Å². The molecule has 0 spiro atoms. The summed E-state index contributed by atoms with van der Waals surface area (Å²) in [7, 11) is 1.77. The largest absolute Gasteiger partial charge is 0.444 e. The lowest BCUT2D eigenvalue weighted by Gasteiger charge is -2.34. The summed E-state index contributed by atoms with van der Waals surface area (Å²) in [5.74, 6) is 0.310. The summed E-state index contributed by atoms with van der Waals surface area (Å²) in [5, 5.41) is 3.88. The molecule has 0 bridgehead atoms. The van der Waals surface area contributed by atoms with Gasteiger partial charge in [-0.15, -0.1) is 0 Å². The van der Waals surface area contributed by atoms with Crippen molar-refractivity contribution in [3.8, 4) is 0 Å². The monoisotopic (exact) mass is 563 g/mol. The van der Waals surface area contributed by atoms with E-state index in [1.54, 1.807) is 17.7 Å². The van der Waals surface area contributed by atoms with Crippen LogP contribution < -0.4 is 15.8 Å². The van der Waals surface area contributed by atoms with Gasteiger partial charge in [0.2, 0.25) is 5.95 Å². The van der Waals surface area contributed by atoms with E-state index in [9.17, 15) is 14.0 Å². The quantitative estimate of drug-likeness (QED) is 0.319. The molecule has 1 fully saturated rings. The number of rotatable bonds is 4. The minimum absolute atomic E-state index is 0.139. The molecule has 0 radical (unpaired) electrons. The molecule has 41 heavy (non-hydrogen) atoms. The molecule has 1 aliphatic heterocycles. The van der Waals surface area contributed by atoms with Gasteiger partial charge in [-0.1, -0.05) is 32.0 Å². The predicted molar refractivity (Wildman–Crippen MR) is 163 cm³/mol. The number of hydrogen-bond acceptors (Lipinski definition) is 5. The van der Waals surface area contributed by atoms with Crippen molar-refractivity contribution in [2.24, 2.45) is 7.05 Å². The lowest BCUT2D eigenvalue weighted by atomic mass is 10.1. The topological polar surface area (TPSA) is 81.4 Å². The molecule has 2 aromatic carbocycles. The number of amides is 1. The molecule has 1 unspecified atom stereocenters. The average Bonchev–Trinajstić information content (AvgIpc) is 3.29. The molecule has 1 amide bonds. The zero-order valence-corrected chi connectivity index (χ0v) is 25.5. The number of nitrogens with one attached hydrogen (secondary N) is 1. The molecule has 3 heterocycles. The molecule has 1 saturated heterocycles. The summed E-state index contributed by atoms with van der Waals surface area (Å²) in [5.41, 5.74) is 3.94. The molecule has 2 aromatic heterocycles. The number of halogens is 1. The number of alkyl carbamates (subject to hydrolysis) is 1. The molecule has 0 saturated carbocycles. The van der Waals surface area contributed by atoms with Crippen LogP contribution in [0.3, 0.4) is 0 Å². The molecule has 1 aliphatic rings. The first kappa shape index (κ1) is 30.1. The highest BCUT2D eigenvalue weighted by Crippen LogP contribution is 2.30. The fourth-order valence-electron chi connectivity index (χ4n) is 5.36. The van der Waals surface area contributed by atoms with E-state index < -0.39 is 11.7 Å². The zero-order valence-electron chi connectivity index (χ0n) is 25.5. The van der Waals surface area contributed by atoms with Gasteiger partial charge in [0.15, 0.2) is 0 Å². The second-order valence-corrected chi connectivity index (χ2v) is 11.6. The van der Waals surface area contributed by atoms with E-state index in [2.05, 4.69) is 10.2 Å². The maximum Gasteiger partial charge on any atom is 0.407 e. The molecular weight excluding hydrogens is 521 g/mol. The van der Waals surface area contributed by atoms with E-state index in [0.29, 0.717) is 30.1 Å². The number of ether oxygens (including phenoxy) is 1. The lowest BCUT2D eigenvalue weighted by molar-refractivity contribution is 0.0499. The van der Waals surface area contributed by atoms with Crippen molar-refractivity contribution in [3.05, 3.63) is 69.3 Å². The van der Waals surface area contributed by atoms with Gasteiger partial charge in [-0.05, 0) is 82.3 Å². The Labute approximate surface area is 241 Å². The third-order valence-corrected chi connectivity index (χ3v) is 7.29. The van der Waals surface area contributed by atoms with E-state index >= 15 is 0 Å². The van der Waals surface area contributed by atoms with Gasteiger partial charge in [0.25, 0.3) is 5.56 Å². The molecule has 5 rings (SSSR count). The van der Waals surface area contributed by atoms with Crippen LogP contribution in [0.2, 0.25) is 0 Å². The van der Waals surface area contributed by atoms with Gasteiger partial charge < -0.3 is 24.1 Å². The SMILES string of the molecule is CC.Cc1ccc2c3nc(N4CCCC(NC(=O)OC(C)(C)C)C4)n(Cc4cc(F)ccc4C)c3c(=O)n(C)c2c1. The average molecular weight is 564 g/mol. The van der Waals surface area contributed by atoms with E-state index in [0.717, 1.165) is 47.0 Å². The second kappa shape index (κ2) is 11.9. The number of anilines is 1. The number of carbonyl (C=O) groups is 1. The number of nitrogens with zero attached hydrogens (tertiary/aromatic N) is 4. The van der Waals surface area contributed by atoms with Gasteiger partial charge in [-0.3, -0.25) is 4.79 Å². The highest BCUT2D eigenvalue weighted by atomic mass is 19.1. The number of pyridine rings is 1. The van der Waals surface area contributed by atoms with E-state index in [1.165, 1.54) is 12.1 Å². The normalized spacial score (nSPS) is 15.5. The van der Waals surface area contributed by atoms with Crippen LogP contribution in [-0.2, 0) is 18.3 Å². The Balaban J connectivity index is 0.00000189.